The van der Waals surface area contributed by atoms with Crippen LogP contribution in [0.1, 0.15) is 43.1 Å². The molecule has 0 aromatic heterocycles. The Morgan fingerprint density at radius 1 is 1.40 bits per heavy atom. The van der Waals surface area contributed by atoms with Crippen LogP contribution in [0.3, 0.4) is 0 Å². The number of carbonyl (C=O) groups is 2. The van der Waals surface area contributed by atoms with Crippen molar-refractivity contribution in [1.82, 2.24) is 5.32 Å². The summed E-state index contributed by atoms with van der Waals surface area (Å²) < 4.78 is 1.01. The number of carboxylic acids is 1. The minimum atomic E-state index is -0.917. The summed E-state index contributed by atoms with van der Waals surface area (Å²) in [5.41, 5.74) is 0.899. The molecule has 1 unspecified atom stereocenters. The van der Waals surface area contributed by atoms with E-state index in [0.29, 0.717) is 5.56 Å². The maximum absolute atomic E-state index is 12.3. The van der Waals surface area contributed by atoms with Crippen molar-refractivity contribution in [3.05, 3.63) is 32.9 Å². The number of rotatable bonds is 5. The fourth-order valence-electron chi connectivity index (χ4n) is 1.77. The first-order valence-electron chi connectivity index (χ1n) is 6.46. The Balaban J connectivity index is 2.96. The molecule has 0 heterocycles. The number of hydrogen-bond acceptors (Lipinski definition) is 2. The average Bonchev–Trinajstić information content (AvgIpc) is 2.31. The average molecular weight is 389 g/mol. The molecule has 0 aliphatic heterocycles. The smallest absolute Gasteiger partial charge is 0.305 e. The number of aryl methyl sites for hydroxylation is 1. The number of amides is 1. The maximum atomic E-state index is 12.3. The first-order valence-corrected chi connectivity index (χ1v) is 7.54. The summed E-state index contributed by atoms with van der Waals surface area (Å²) in [6.45, 7) is 7.55. The van der Waals surface area contributed by atoms with Crippen molar-refractivity contribution in [2.75, 3.05) is 0 Å². The Morgan fingerprint density at radius 3 is 2.45 bits per heavy atom. The van der Waals surface area contributed by atoms with Crippen molar-refractivity contribution < 1.29 is 14.7 Å². The normalized spacial score (nSPS) is 13.9. The molecule has 1 amide bonds. The summed E-state index contributed by atoms with van der Waals surface area (Å²) in [6, 6.07) is 5.46. The van der Waals surface area contributed by atoms with Crippen molar-refractivity contribution in [3.8, 4) is 0 Å². The van der Waals surface area contributed by atoms with Gasteiger partial charge in [0, 0.05) is 9.13 Å². The molecule has 20 heavy (non-hydrogen) atoms. The molecule has 110 valence electrons. The van der Waals surface area contributed by atoms with Crippen LogP contribution in [0.2, 0.25) is 0 Å². The molecule has 4 nitrogen and oxygen atoms in total. The van der Waals surface area contributed by atoms with Crippen LogP contribution >= 0.6 is 22.6 Å². The van der Waals surface area contributed by atoms with Crippen molar-refractivity contribution >= 4 is 34.5 Å². The van der Waals surface area contributed by atoms with Crippen LogP contribution in [-0.4, -0.2) is 22.5 Å². The van der Waals surface area contributed by atoms with Crippen LogP contribution in [0.15, 0.2) is 18.2 Å². The van der Waals surface area contributed by atoms with E-state index < -0.39 is 11.5 Å². The van der Waals surface area contributed by atoms with Gasteiger partial charge in [-0.1, -0.05) is 19.9 Å². The maximum Gasteiger partial charge on any atom is 0.305 e. The highest BCUT2D eigenvalue weighted by Crippen LogP contribution is 2.22. The van der Waals surface area contributed by atoms with E-state index in [-0.39, 0.29) is 18.2 Å². The van der Waals surface area contributed by atoms with E-state index in [1.165, 1.54) is 0 Å². The number of benzene rings is 1. The number of hydrogen-bond donors (Lipinski definition) is 2. The van der Waals surface area contributed by atoms with Gasteiger partial charge in [0.15, 0.2) is 0 Å². The van der Waals surface area contributed by atoms with Crippen LogP contribution in [0.25, 0.3) is 0 Å². The van der Waals surface area contributed by atoms with E-state index in [1.807, 2.05) is 32.9 Å². The summed E-state index contributed by atoms with van der Waals surface area (Å²) in [5, 5.41) is 11.9. The number of aliphatic carboxylic acids is 1. The molecular formula is C15H20INO3. The van der Waals surface area contributed by atoms with E-state index in [1.54, 1.807) is 13.0 Å². The largest absolute Gasteiger partial charge is 0.481 e. The number of carboxylic acid groups (broad SMARTS) is 1. The molecule has 0 radical (unpaired) electrons. The van der Waals surface area contributed by atoms with Gasteiger partial charge in [-0.25, -0.2) is 0 Å². The van der Waals surface area contributed by atoms with E-state index in [0.717, 1.165) is 9.13 Å². The molecule has 2 N–H and O–H groups in total. The molecule has 0 saturated carbocycles. The monoisotopic (exact) mass is 389 g/mol. The zero-order valence-electron chi connectivity index (χ0n) is 12.2. The third-order valence-electron chi connectivity index (χ3n) is 3.63. The van der Waals surface area contributed by atoms with Gasteiger partial charge < -0.3 is 10.4 Å². The Labute approximate surface area is 133 Å². The van der Waals surface area contributed by atoms with Crippen LogP contribution in [0, 0.1) is 16.4 Å². The summed E-state index contributed by atoms with van der Waals surface area (Å²) in [7, 11) is 0. The van der Waals surface area contributed by atoms with E-state index >= 15 is 0 Å². The van der Waals surface area contributed by atoms with Crippen LogP contribution in [-0.2, 0) is 4.79 Å². The Morgan fingerprint density at radius 2 is 2.00 bits per heavy atom. The molecule has 1 aromatic rings. The summed E-state index contributed by atoms with van der Waals surface area (Å²) in [6.07, 6.45) is -0.0979. The van der Waals surface area contributed by atoms with Crippen LogP contribution in [0.4, 0.5) is 0 Å². The lowest BCUT2D eigenvalue weighted by atomic mass is 9.85. The second-order valence-electron chi connectivity index (χ2n) is 5.56. The predicted octanol–water partition coefficient (Wildman–Crippen LogP) is 3.22. The fraction of sp³-hybridized carbons (Fsp3) is 0.467. The zero-order valence-corrected chi connectivity index (χ0v) is 14.3. The van der Waals surface area contributed by atoms with Gasteiger partial charge in [0.05, 0.1) is 12.0 Å². The van der Waals surface area contributed by atoms with Gasteiger partial charge in [-0.05, 0) is 60.1 Å². The van der Waals surface area contributed by atoms with Gasteiger partial charge in [0.1, 0.15) is 0 Å². The standard InChI is InChI=1S/C15H20INO3/c1-9(2)15(4,8-13(18)19)17-14(20)11-6-5-10(3)12(16)7-11/h5-7,9H,8H2,1-4H3,(H,17,20)(H,18,19). The zero-order chi connectivity index (χ0) is 15.5. The third-order valence-corrected chi connectivity index (χ3v) is 4.79. The van der Waals surface area contributed by atoms with Gasteiger partial charge in [-0.15, -0.1) is 0 Å². The molecule has 0 aliphatic rings. The van der Waals surface area contributed by atoms with Crippen molar-refractivity contribution in [2.45, 2.75) is 39.7 Å². The second kappa shape index (κ2) is 6.56. The lowest BCUT2D eigenvalue weighted by molar-refractivity contribution is -0.138. The quantitative estimate of drug-likeness (QED) is 0.761. The van der Waals surface area contributed by atoms with Gasteiger partial charge in [0.25, 0.3) is 5.91 Å². The van der Waals surface area contributed by atoms with Gasteiger partial charge in [-0.3, -0.25) is 9.59 Å². The Kier molecular flexibility index (Phi) is 5.56. The molecule has 0 spiro atoms. The van der Waals surface area contributed by atoms with Crippen molar-refractivity contribution in [3.63, 3.8) is 0 Å². The van der Waals surface area contributed by atoms with Gasteiger partial charge in [0.2, 0.25) is 0 Å². The first kappa shape index (κ1) is 16.9. The fourth-order valence-corrected chi connectivity index (χ4v) is 2.29. The number of halogens is 1. The molecule has 5 heteroatoms. The van der Waals surface area contributed by atoms with E-state index in [9.17, 15) is 9.59 Å². The highest BCUT2D eigenvalue weighted by molar-refractivity contribution is 14.1. The summed E-state index contributed by atoms with van der Waals surface area (Å²) in [5.74, 6) is -1.13. The minimum Gasteiger partial charge on any atom is -0.481 e. The molecule has 0 aliphatic carbocycles. The number of nitrogens with one attached hydrogen (secondary N) is 1. The molecule has 1 rings (SSSR count). The lowest BCUT2D eigenvalue weighted by Crippen LogP contribution is -2.51. The van der Waals surface area contributed by atoms with E-state index in [2.05, 4.69) is 27.9 Å². The molecule has 0 saturated heterocycles. The summed E-state index contributed by atoms with van der Waals surface area (Å²) >= 11 is 2.18. The number of carbonyl (C=O) groups excluding carboxylic acids is 1. The first-order chi connectivity index (χ1) is 9.15. The Bertz CT molecular complexity index is 528. The van der Waals surface area contributed by atoms with Crippen LogP contribution < -0.4 is 5.32 Å². The van der Waals surface area contributed by atoms with Crippen molar-refractivity contribution in [2.24, 2.45) is 5.92 Å². The van der Waals surface area contributed by atoms with Gasteiger partial charge >= 0.3 is 5.97 Å². The molecule has 1 atom stereocenters. The molecule has 1 aromatic carbocycles. The SMILES string of the molecule is Cc1ccc(C(=O)NC(C)(CC(=O)O)C(C)C)cc1I. The Hall–Kier alpha value is -1.11. The summed E-state index contributed by atoms with van der Waals surface area (Å²) in [4.78, 5) is 23.3. The topological polar surface area (TPSA) is 66.4 Å². The van der Waals surface area contributed by atoms with E-state index in [4.69, 9.17) is 5.11 Å². The minimum absolute atomic E-state index is 0.0204. The van der Waals surface area contributed by atoms with Crippen molar-refractivity contribution in [1.29, 1.82) is 0 Å². The third kappa shape index (κ3) is 4.19. The van der Waals surface area contributed by atoms with Gasteiger partial charge in [-0.2, -0.15) is 0 Å². The van der Waals surface area contributed by atoms with Crippen LogP contribution in [0.5, 0.6) is 0 Å². The molecule has 0 fully saturated rings. The molecular weight excluding hydrogens is 369 g/mol. The molecule has 0 bridgehead atoms. The second-order valence-corrected chi connectivity index (χ2v) is 6.72. The highest BCUT2D eigenvalue weighted by Gasteiger charge is 2.33. The lowest BCUT2D eigenvalue weighted by Gasteiger charge is -2.33. The predicted molar refractivity (Wildman–Crippen MR) is 86.9 cm³/mol. The highest BCUT2D eigenvalue weighted by atomic mass is 127.